The maximum absolute atomic E-state index is 13.9. The van der Waals surface area contributed by atoms with E-state index in [4.69, 9.17) is 23.2 Å². The first-order valence-corrected chi connectivity index (χ1v) is 7.74. The Labute approximate surface area is 150 Å². The van der Waals surface area contributed by atoms with E-state index in [0.29, 0.717) is 0 Å². The largest absolute Gasteiger partial charge is 0.411 e. The molecule has 0 amide bonds. The molecule has 0 heterocycles. The molecule has 0 radical (unpaired) electrons. The van der Waals surface area contributed by atoms with Crippen LogP contribution in [0.1, 0.15) is 22.3 Å². The summed E-state index contributed by atoms with van der Waals surface area (Å²) in [6, 6.07) is 5.18. The molecule has 2 aromatic rings. The Balaban J connectivity index is 2.96. The first-order valence-electron chi connectivity index (χ1n) is 6.99. The van der Waals surface area contributed by atoms with Crippen LogP contribution in [0.15, 0.2) is 36.4 Å². The van der Waals surface area contributed by atoms with E-state index in [1.807, 2.05) is 0 Å². The molecule has 0 aliphatic rings. The second-order valence-corrected chi connectivity index (χ2v) is 6.49. The van der Waals surface area contributed by atoms with Crippen molar-refractivity contribution in [1.82, 2.24) is 0 Å². The van der Waals surface area contributed by atoms with Gasteiger partial charge in [0.25, 0.3) is 0 Å². The Kier molecular flexibility index (Phi) is 5.10. The molecule has 2 rings (SSSR count). The molecule has 0 nitrogen and oxygen atoms in total. The normalized spacial score (nSPS) is 13.2. The zero-order valence-electron chi connectivity index (χ0n) is 13.0. The number of alkyl halides is 6. The highest BCUT2D eigenvalue weighted by Gasteiger charge is 2.72. The second-order valence-electron chi connectivity index (χ2n) is 5.67. The minimum Gasteiger partial charge on any atom is -0.169 e. The summed E-state index contributed by atoms with van der Waals surface area (Å²) in [5.41, 5.74) is -5.86. The van der Waals surface area contributed by atoms with Crippen LogP contribution in [0.5, 0.6) is 0 Å². The van der Waals surface area contributed by atoms with Crippen molar-refractivity contribution in [3.8, 4) is 0 Å². The minimum absolute atomic E-state index is 0.0780. The number of aryl methyl sites for hydroxylation is 2. The van der Waals surface area contributed by atoms with Crippen molar-refractivity contribution in [3.05, 3.63) is 68.7 Å². The molecule has 0 saturated heterocycles. The maximum atomic E-state index is 13.9. The number of halogens is 8. The summed E-state index contributed by atoms with van der Waals surface area (Å²) in [4.78, 5) is 0. The van der Waals surface area contributed by atoms with Gasteiger partial charge in [-0.1, -0.05) is 47.5 Å². The van der Waals surface area contributed by atoms with Crippen LogP contribution < -0.4 is 0 Å². The molecule has 136 valence electrons. The Morgan fingerprint density at radius 2 is 0.960 bits per heavy atom. The Morgan fingerprint density at radius 3 is 1.20 bits per heavy atom. The van der Waals surface area contributed by atoms with Gasteiger partial charge >= 0.3 is 12.4 Å². The van der Waals surface area contributed by atoms with Gasteiger partial charge < -0.3 is 0 Å². The summed E-state index contributed by atoms with van der Waals surface area (Å²) in [6.07, 6.45) is -11.3. The summed E-state index contributed by atoms with van der Waals surface area (Å²) in [5, 5.41) is 0.156. The van der Waals surface area contributed by atoms with Gasteiger partial charge in [0, 0.05) is 10.0 Å². The fourth-order valence-corrected chi connectivity index (χ4v) is 2.97. The van der Waals surface area contributed by atoms with Crippen molar-refractivity contribution in [2.24, 2.45) is 0 Å². The second kappa shape index (κ2) is 6.40. The van der Waals surface area contributed by atoms with E-state index >= 15 is 0 Å². The molecule has 0 unspecified atom stereocenters. The van der Waals surface area contributed by atoms with Crippen molar-refractivity contribution in [2.45, 2.75) is 31.6 Å². The molecule has 0 spiro atoms. The third-order valence-corrected chi connectivity index (χ3v) is 4.88. The van der Waals surface area contributed by atoms with Crippen molar-refractivity contribution in [2.75, 3.05) is 0 Å². The van der Waals surface area contributed by atoms with E-state index < -0.39 is 28.9 Å². The maximum Gasteiger partial charge on any atom is 0.411 e. The van der Waals surface area contributed by atoms with Gasteiger partial charge in [-0.05, 0) is 48.2 Å². The summed E-state index contributed by atoms with van der Waals surface area (Å²) in [7, 11) is 0. The molecule has 0 saturated carbocycles. The van der Waals surface area contributed by atoms with E-state index in [9.17, 15) is 26.3 Å². The fraction of sp³-hybridized carbons (Fsp3) is 0.294. The van der Waals surface area contributed by atoms with Crippen LogP contribution in [0.25, 0.3) is 0 Å². The van der Waals surface area contributed by atoms with Gasteiger partial charge in [-0.3, -0.25) is 0 Å². The predicted octanol–water partition coefficient (Wildman–Crippen LogP) is 7.02. The predicted molar refractivity (Wildman–Crippen MR) is 85.3 cm³/mol. The van der Waals surface area contributed by atoms with Gasteiger partial charge in [-0.15, -0.1) is 0 Å². The highest BCUT2D eigenvalue weighted by molar-refractivity contribution is 6.31. The lowest BCUT2D eigenvalue weighted by Crippen LogP contribution is -2.54. The summed E-state index contributed by atoms with van der Waals surface area (Å²) in [5.74, 6) is 0. The molecule has 8 heteroatoms. The lowest BCUT2D eigenvalue weighted by atomic mass is 9.72. The highest BCUT2D eigenvalue weighted by atomic mass is 35.5. The average molecular weight is 401 g/mol. The van der Waals surface area contributed by atoms with Crippen LogP contribution in [0.4, 0.5) is 26.3 Å². The van der Waals surface area contributed by atoms with Crippen molar-refractivity contribution >= 4 is 23.2 Å². The molecule has 0 atom stereocenters. The van der Waals surface area contributed by atoms with E-state index in [-0.39, 0.29) is 21.2 Å². The first-order chi connectivity index (χ1) is 11.3. The molecule has 0 fully saturated rings. The molecule has 0 aliphatic heterocycles. The average Bonchev–Trinajstić information content (AvgIpc) is 2.44. The number of hydrogen-bond acceptors (Lipinski definition) is 0. The first kappa shape index (κ1) is 19.9. The highest BCUT2D eigenvalue weighted by Crippen LogP contribution is 2.56. The molecular weight excluding hydrogens is 389 g/mol. The van der Waals surface area contributed by atoms with Crippen LogP contribution in [0, 0.1) is 13.8 Å². The molecule has 0 aliphatic carbocycles. The SMILES string of the molecule is Cc1cc(C(c2ccc(Cl)c(C)c2)(C(F)(F)F)C(F)(F)F)ccc1Cl. The molecule has 25 heavy (non-hydrogen) atoms. The van der Waals surface area contributed by atoms with Crippen LogP contribution in [0.3, 0.4) is 0 Å². The van der Waals surface area contributed by atoms with Gasteiger partial charge in [-0.25, -0.2) is 0 Å². The van der Waals surface area contributed by atoms with Crippen LogP contribution in [-0.4, -0.2) is 12.4 Å². The number of benzene rings is 2. The lowest BCUT2D eigenvalue weighted by molar-refractivity contribution is -0.288. The quantitative estimate of drug-likeness (QED) is 0.475. The summed E-state index contributed by atoms with van der Waals surface area (Å²) >= 11 is 11.5. The Bertz CT molecular complexity index is 725. The summed E-state index contributed by atoms with van der Waals surface area (Å²) in [6.45, 7) is 2.69. The molecule has 0 bridgehead atoms. The third-order valence-electron chi connectivity index (χ3n) is 4.03. The van der Waals surface area contributed by atoms with Crippen molar-refractivity contribution in [1.29, 1.82) is 0 Å². The van der Waals surface area contributed by atoms with Gasteiger partial charge in [0.2, 0.25) is 5.41 Å². The van der Waals surface area contributed by atoms with Crippen molar-refractivity contribution < 1.29 is 26.3 Å². The zero-order valence-corrected chi connectivity index (χ0v) is 14.5. The fourth-order valence-electron chi connectivity index (χ4n) is 2.74. The van der Waals surface area contributed by atoms with E-state index in [0.717, 1.165) is 36.4 Å². The van der Waals surface area contributed by atoms with Gasteiger partial charge in [-0.2, -0.15) is 26.3 Å². The molecule has 0 N–H and O–H groups in total. The Morgan fingerprint density at radius 1 is 0.640 bits per heavy atom. The minimum atomic E-state index is -5.63. The van der Waals surface area contributed by atoms with Crippen LogP contribution in [-0.2, 0) is 5.41 Å². The van der Waals surface area contributed by atoms with Crippen LogP contribution in [0.2, 0.25) is 10.0 Å². The van der Waals surface area contributed by atoms with E-state index in [1.54, 1.807) is 0 Å². The number of rotatable bonds is 2. The smallest absolute Gasteiger partial charge is 0.169 e. The van der Waals surface area contributed by atoms with E-state index in [1.165, 1.54) is 13.8 Å². The molecule has 2 aromatic carbocycles. The standard InChI is InChI=1S/C17H12Cl2F6/c1-9-7-11(3-5-13(9)18)15(16(20,21)22,17(23,24)25)12-4-6-14(19)10(2)8-12/h3-8H,1-2H3. The van der Waals surface area contributed by atoms with Crippen LogP contribution >= 0.6 is 23.2 Å². The van der Waals surface area contributed by atoms with E-state index in [2.05, 4.69) is 0 Å². The zero-order chi connectivity index (χ0) is 19.2. The third kappa shape index (κ3) is 3.22. The van der Waals surface area contributed by atoms with Crippen molar-refractivity contribution in [3.63, 3.8) is 0 Å². The lowest BCUT2D eigenvalue weighted by Gasteiger charge is -2.38. The number of hydrogen-bond donors (Lipinski definition) is 0. The van der Waals surface area contributed by atoms with Gasteiger partial charge in [0.15, 0.2) is 0 Å². The molecular formula is C17H12Cl2F6. The monoisotopic (exact) mass is 400 g/mol. The van der Waals surface area contributed by atoms with Gasteiger partial charge in [0.1, 0.15) is 0 Å². The molecule has 0 aromatic heterocycles. The summed E-state index contributed by atoms with van der Waals surface area (Å²) < 4.78 is 83.5. The van der Waals surface area contributed by atoms with Gasteiger partial charge in [0.05, 0.1) is 0 Å². The topological polar surface area (TPSA) is 0 Å². The Hall–Kier alpha value is -1.40.